The number of rotatable bonds is 2. The molecule has 1 N–H and O–H groups in total. The Morgan fingerprint density at radius 3 is 2.83 bits per heavy atom. The minimum absolute atomic E-state index is 0.238. The van der Waals surface area contributed by atoms with Gasteiger partial charge in [0.25, 0.3) is 0 Å². The summed E-state index contributed by atoms with van der Waals surface area (Å²) in [6.07, 6.45) is 6.93. The fraction of sp³-hybridized carbons (Fsp3) is 0.667. The zero-order chi connectivity index (χ0) is 8.55. The van der Waals surface area contributed by atoms with Crippen molar-refractivity contribution in [1.29, 1.82) is 0 Å². The first-order valence-corrected chi connectivity index (χ1v) is 4.44. The lowest BCUT2D eigenvalue weighted by molar-refractivity contribution is 0.349. The van der Waals surface area contributed by atoms with Crippen LogP contribution in [0.3, 0.4) is 0 Å². The monoisotopic (exact) mass is 165 g/mol. The summed E-state index contributed by atoms with van der Waals surface area (Å²) in [5, 5.41) is 3.21. The number of amidine groups is 1. The molecule has 0 aromatic heterocycles. The summed E-state index contributed by atoms with van der Waals surface area (Å²) in [4.78, 5) is 6.70. The van der Waals surface area contributed by atoms with Crippen LogP contribution in [0.5, 0.6) is 0 Å². The highest BCUT2D eigenvalue weighted by atomic mass is 15.2. The zero-order valence-electron chi connectivity index (χ0n) is 7.62. The van der Waals surface area contributed by atoms with Crippen LogP contribution in [-0.2, 0) is 0 Å². The van der Waals surface area contributed by atoms with E-state index in [-0.39, 0.29) is 6.17 Å². The van der Waals surface area contributed by atoms with E-state index in [0.717, 1.165) is 5.92 Å². The van der Waals surface area contributed by atoms with E-state index >= 15 is 0 Å². The van der Waals surface area contributed by atoms with Crippen molar-refractivity contribution in [3.63, 3.8) is 0 Å². The van der Waals surface area contributed by atoms with Crippen molar-refractivity contribution in [2.75, 3.05) is 14.1 Å². The Labute approximate surface area is 73.2 Å². The van der Waals surface area contributed by atoms with Crippen LogP contribution in [0.1, 0.15) is 12.8 Å². The standard InChI is InChI=1S/C9H15N3/c1-12(2)8-5-6-10-9(11-8)7-3-4-7/h5-8H,3-4H2,1-2H3,(H,10,11). The van der Waals surface area contributed by atoms with E-state index in [1.807, 2.05) is 20.3 Å². The maximum Gasteiger partial charge on any atom is 0.124 e. The summed E-state index contributed by atoms with van der Waals surface area (Å²) in [6, 6.07) is 0. The van der Waals surface area contributed by atoms with Crippen molar-refractivity contribution >= 4 is 5.84 Å². The van der Waals surface area contributed by atoms with Crippen LogP contribution in [0.25, 0.3) is 0 Å². The molecule has 3 heteroatoms. The molecule has 1 fully saturated rings. The topological polar surface area (TPSA) is 27.6 Å². The van der Waals surface area contributed by atoms with Gasteiger partial charge in [0.15, 0.2) is 0 Å². The molecule has 0 saturated heterocycles. The van der Waals surface area contributed by atoms with Crippen molar-refractivity contribution in [3.05, 3.63) is 12.3 Å². The van der Waals surface area contributed by atoms with Crippen LogP contribution in [0.4, 0.5) is 0 Å². The molecule has 0 aromatic carbocycles. The molecule has 12 heavy (non-hydrogen) atoms. The Balaban J connectivity index is 2.05. The number of nitrogens with one attached hydrogen (secondary N) is 1. The normalized spacial score (nSPS) is 28.6. The van der Waals surface area contributed by atoms with E-state index in [1.165, 1.54) is 18.7 Å². The van der Waals surface area contributed by atoms with Crippen LogP contribution < -0.4 is 5.32 Å². The van der Waals surface area contributed by atoms with Crippen LogP contribution >= 0.6 is 0 Å². The Hall–Kier alpha value is -0.830. The van der Waals surface area contributed by atoms with Crippen LogP contribution in [-0.4, -0.2) is 31.0 Å². The maximum atomic E-state index is 4.59. The van der Waals surface area contributed by atoms with Gasteiger partial charge in [-0.05, 0) is 33.0 Å². The maximum absolute atomic E-state index is 4.59. The molecular weight excluding hydrogens is 150 g/mol. The minimum atomic E-state index is 0.238. The molecule has 1 saturated carbocycles. The predicted octanol–water partition coefficient (Wildman–Crippen LogP) is 0.799. The third-order valence-electron chi connectivity index (χ3n) is 2.26. The van der Waals surface area contributed by atoms with Gasteiger partial charge in [-0.3, -0.25) is 4.90 Å². The van der Waals surface area contributed by atoms with Gasteiger partial charge in [0.05, 0.1) is 0 Å². The van der Waals surface area contributed by atoms with Crippen molar-refractivity contribution in [1.82, 2.24) is 10.2 Å². The van der Waals surface area contributed by atoms with E-state index in [1.54, 1.807) is 0 Å². The molecule has 0 amide bonds. The summed E-state index contributed by atoms with van der Waals surface area (Å²) < 4.78 is 0. The molecule has 3 nitrogen and oxygen atoms in total. The van der Waals surface area contributed by atoms with Gasteiger partial charge in [0.2, 0.25) is 0 Å². The van der Waals surface area contributed by atoms with Gasteiger partial charge in [0.1, 0.15) is 12.0 Å². The SMILES string of the molecule is CN(C)C1C=CNC(C2CC2)=N1. The summed E-state index contributed by atoms with van der Waals surface area (Å²) >= 11 is 0. The highest BCUT2D eigenvalue weighted by Gasteiger charge is 2.29. The van der Waals surface area contributed by atoms with Crippen LogP contribution in [0.15, 0.2) is 17.3 Å². The Morgan fingerprint density at radius 2 is 2.25 bits per heavy atom. The molecule has 0 bridgehead atoms. The number of likely N-dealkylation sites (N-methyl/N-ethyl adjacent to an activating group) is 1. The molecule has 2 aliphatic rings. The summed E-state index contributed by atoms with van der Waals surface area (Å²) in [7, 11) is 4.10. The number of nitrogens with zero attached hydrogens (tertiary/aromatic N) is 2. The molecule has 1 atom stereocenters. The lowest BCUT2D eigenvalue weighted by atomic mass is 10.3. The fourth-order valence-electron chi connectivity index (χ4n) is 1.31. The molecule has 0 aromatic rings. The first-order valence-electron chi connectivity index (χ1n) is 4.44. The smallest absolute Gasteiger partial charge is 0.124 e. The van der Waals surface area contributed by atoms with E-state index in [0.29, 0.717) is 0 Å². The molecule has 0 spiro atoms. The zero-order valence-corrected chi connectivity index (χ0v) is 7.62. The second kappa shape index (κ2) is 2.90. The minimum Gasteiger partial charge on any atom is -0.350 e. The molecule has 0 radical (unpaired) electrons. The molecule has 2 rings (SSSR count). The van der Waals surface area contributed by atoms with Crippen LogP contribution in [0.2, 0.25) is 0 Å². The second-order valence-electron chi connectivity index (χ2n) is 3.67. The van der Waals surface area contributed by atoms with Crippen molar-refractivity contribution in [2.45, 2.75) is 19.0 Å². The number of aliphatic imine (C=N–C) groups is 1. The first kappa shape index (κ1) is 7.80. The number of hydrogen-bond donors (Lipinski definition) is 1. The van der Waals surface area contributed by atoms with E-state index in [2.05, 4.69) is 21.3 Å². The quantitative estimate of drug-likeness (QED) is 0.655. The van der Waals surface area contributed by atoms with Gasteiger partial charge in [-0.25, -0.2) is 4.99 Å². The highest BCUT2D eigenvalue weighted by molar-refractivity contribution is 5.88. The van der Waals surface area contributed by atoms with E-state index in [9.17, 15) is 0 Å². The third kappa shape index (κ3) is 1.50. The van der Waals surface area contributed by atoms with Crippen molar-refractivity contribution in [3.8, 4) is 0 Å². The van der Waals surface area contributed by atoms with Gasteiger partial charge in [-0.15, -0.1) is 0 Å². The van der Waals surface area contributed by atoms with E-state index < -0.39 is 0 Å². The Bertz CT molecular complexity index is 226. The summed E-state index contributed by atoms with van der Waals surface area (Å²) in [6.45, 7) is 0. The second-order valence-corrected chi connectivity index (χ2v) is 3.67. The third-order valence-corrected chi connectivity index (χ3v) is 2.26. The lowest BCUT2D eigenvalue weighted by Crippen LogP contribution is -2.33. The summed E-state index contributed by atoms with van der Waals surface area (Å²) in [5.74, 6) is 1.90. The number of hydrogen-bond acceptors (Lipinski definition) is 3. The average Bonchev–Trinajstić information content (AvgIpc) is 2.87. The van der Waals surface area contributed by atoms with Crippen molar-refractivity contribution < 1.29 is 0 Å². The van der Waals surface area contributed by atoms with Crippen molar-refractivity contribution in [2.24, 2.45) is 10.9 Å². The molecule has 1 heterocycles. The van der Waals surface area contributed by atoms with Gasteiger partial charge in [-0.1, -0.05) is 0 Å². The highest BCUT2D eigenvalue weighted by Crippen LogP contribution is 2.30. The molecule has 1 unspecified atom stereocenters. The Morgan fingerprint density at radius 1 is 1.50 bits per heavy atom. The fourth-order valence-corrected chi connectivity index (χ4v) is 1.31. The van der Waals surface area contributed by atoms with Gasteiger partial charge in [0, 0.05) is 12.1 Å². The van der Waals surface area contributed by atoms with Gasteiger partial charge < -0.3 is 5.32 Å². The first-order chi connectivity index (χ1) is 5.77. The van der Waals surface area contributed by atoms with Crippen LogP contribution in [0, 0.1) is 5.92 Å². The predicted molar refractivity (Wildman–Crippen MR) is 49.9 cm³/mol. The molecule has 1 aliphatic carbocycles. The van der Waals surface area contributed by atoms with Gasteiger partial charge >= 0.3 is 0 Å². The molecule has 66 valence electrons. The average molecular weight is 165 g/mol. The Kier molecular flexibility index (Phi) is 1.89. The largest absolute Gasteiger partial charge is 0.350 e. The van der Waals surface area contributed by atoms with Gasteiger partial charge in [-0.2, -0.15) is 0 Å². The molecular formula is C9H15N3. The lowest BCUT2D eigenvalue weighted by Gasteiger charge is -2.21. The molecule has 1 aliphatic heterocycles. The van der Waals surface area contributed by atoms with E-state index in [4.69, 9.17) is 0 Å². The summed E-state index contributed by atoms with van der Waals surface area (Å²) in [5.41, 5.74) is 0.